The van der Waals surface area contributed by atoms with Gasteiger partial charge in [-0.25, -0.2) is 13.8 Å². The second-order valence-electron chi connectivity index (χ2n) is 9.64. The van der Waals surface area contributed by atoms with Crippen LogP contribution in [0.1, 0.15) is 32.9 Å². The number of carbonyl (C=O) groups excluding carboxylic acids is 1. The molecule has 9 heteroatoms. The minimum absolute atomic E-state index is 0.0483. The highest BCUT2D eigenvalue weighted by Gasteiger charge is 2.28. The van der Waals surface area contributed by atoms with E-state index in [1.54, 1.807) is 60.8 Å². The van der Waals surface area contributed by atoms with Gasteiger partial charge in [-0.1, -0.05) is 72.8 Å². The van der Waals surface area contributed by atoms with E-state index in [1.165, 1.54) is 4.31 Å². The monoisotopic (exact) mass is 640 g/mol. The van der Waals surface area contributed by atoms with Crippen molar-refractivity contribution >= 4 is 43.8 Å². The number of sulfonamides is 1. The van der Waals surface area contributed by atoms with Crippen molar-refractivity contribution < 1.29 is 13.2 Å². The molecule has 0 atom stereocenters. The number of nitrogens with one attached hydrogen (secondary N) is 1. The zero-order valence-electron chi connectivity index (χ0n) is 23.1. The van der Waals surface area contributed by atoms with Gasteiger partial charge in [0.25, 0.3) is 15.9 Å². The SMILES string of the molecule is Cc1cc(/C=N\NC(=O)c2ccccc2N(Cc2ccccc2)S(=O)(=O)c2ccccc2)c(C)n1-c1ccccc1Br. The van der Waals surface area contributed by atoms with Crippen LogP contribution in [0.25, 0.3) is 5.69 Å². The Morgan fingerprint density at radius 1 is 0.881 bits per heavy atom. The summed E-state index contributed by atoms with van der Waals surface area (Å²) >= 11 is 3.62. The van der Waals surface area contributed by atoms with Crippen molar-refractivity contribution in [2.24, 2.45) is 5.10 Å². The molecule has 4 aromatic carbocycles. The summed E-state index contributed by atoms with van der Waals surface area (Å²) in [6.45, 7) is 4.04. The van der Waals surface area contributed by atoms with E-state index in [0.717, 1.165) is 32.7 Å². The van der Waals surface area contributed by atoms with Crippen LogP contribution in [-0.2, 0) is 16.6 Å². The van der Waals surface area contributed by atoms with E-state index < -0.39 is 15.9 Å². The summed E-state index contributed by atoms with van der Waals surface area (Å²) < 4.78 is 32.1. The van der Waals surface area contributed by atoms with Gasteiger partial charge in [-0.3, -0.25) is 9.10 Å². The lowest BCUT2D eigenvalue weighted by molar-refractivity contribution is 0.0955. The molecule has 212 valence electrons. The Kier molecular flexibility index (Phi) is 8.70. The van der Waals surface area contributed by atoms with Gasteiger partial charge in [-0.2, -0.15) is 5.10 Å². The van der Waals surface area contributed by atoms with Crippen molar-refractivity contribution in [3.8, 4) is 5.69 Å². The maximum atomic E-state index is 13.9. The van der Waals surface area contributed by atoms with Crippen molar-refractivity contribution in [2.75, 3.05) is 4.31 Å². The fraction of sp³-hybridized carbons (Fsp3) is 0.0909. The third-order valence-corrected chi connectivity index (χ3v) is 9.30. The predicted molar refractivity (Wildman–Crippen MR) is 171 cm³/mol. The molecule has 1 N–H and O–H groups in total. The first-order chi connectivity index (χ1) is 20.3. The molecule has 42 heavy (non-hydrogen) atoms. The molecule has 0 spiro atoms. The first kappa shape index (κ1) is 29.0. The number of aromatic nitrogens is 1. The molecule has 1 aromatic heterocycles. The number of benzene rings is 4. The fourth-order valence-electron chi connectivity index (χ4n) is 4.79. The summed E-state index contributed by atoms with van der Waals surface area (Å²) in [5.41, 5.74) is 7.64. The predicted octanol–water partition coefficient (Wildman–Crippen LogP) is 7.02. The van der Waals surface area contributed by atoms with Crippen LogP contribution < -0.4 is 9.73 Å². The third kappa shape index (κ3) is 6.07. The Morgan fingerprint density at radius 3 is 2.21 bits per heavy atom. The molecule has 5 rings (SSSR count). The molecule has 5 aromatic rings. The second-order valence-corrected chi connectivity index (χ2v) is 12.4. The van der Waals surface area contributed by atoms with Crippen LogP contribution >= 0.6 is 15.9 Å². The van der Waals surface area contributed by atoms with Crippen LogP contribution in [0.15, 0.2) is 130 Å². The molecule has 1 amide bonds. The highest BCUT2D eigenvalue weighted by atomic mass is 79.9. The number of aryl methyl sites for hydroxylation is 1. The Hall–Kier alpha value is -4.47. The van der Waals surface area contributed by atoms with E-state index in [1.807, 2.05) is 74.5 Å². The van der Waals surface area contributed by atoms with Crippen LogP contribution in [-0.4, -0.2) is 25.1 Å². The normalized spacial score (nSPS) is 11.5. The molecule has 0 radical (unpaired) electrons. The summed E-state index contributed by atoms with van der Waals surface area (Å²) in [4.78, 5) is 13.6. The molecule has 0 bridgehead atoms. The number of halogens is 1. The van der Waals surface area contributed by atoms with Crippen LogP contribution in [0.3, 0.4) is 0 Å². The molecule has 0 aliphatic carbocycles. The molecule has 0 aliphatic rings. The van der Waals surface area contributed by atoms with Gasteiger partial charge in [0.1, 0.15) is 0 Å². The van der Waals surface area contributed by atoms with Gasteiger partial charge in [-0.15, -0.1) is 0 Å². The van der Waals surface area contributed by atoms with Gasteiger partial charge in [0.15, 0.2) is 0 Å². The number of carbonyl (C=O) groups is 1. The minimum Gasteiger partial charge on any atom is -0.317 e. The molecule has 0 aliphatic heterocycles. The van der Waals surface area contributed by atoms with E-state index in [2.05, 4.69) is 31.0 Å². The zero-order valence-corrected chi connectivity index (χ0v) is 25.5. The van der Waals surface area contributed by atoms with E-state index in [-0.39, 0.29) is 22.7 Å². The Balaban J connectivity index is 1.45. The van der Waals surface area contributed by atoms with Crippen molar-refractivity contribution in [3.63, 3.8) is 0 Å². The summed E-state index contributed by atoms with van der Waals surface area (Å²) in [5.74, 6) is -0.525. The van der Waals surface area contributed by atoms with Crippen LogP contribution in [0, 0.1) is 13.8 Å². The van der Waals surface area contributed by atoms with E-state index in [0.29, 0.717) is 0 Å². The highest BCUT2D eigenvalue weighted by molar-refractivity contribution is 9.10. The molecule has 0 saturated heterocycles. The molecule has 0 saturated carbocycles. The molecule has 1 heterocycles. The van der Waals surface area contributed by atoms with Gasteiger partial charge in [0.2, 0.25) is 0 Å². The third-order valence-electron chi connectivity index (χ3n) is 6.85. The number of rotatable bonds is 9. The van der Waals surface area contributed by atoms with Crippen LogP contribution in [0.2, 0.25) is 0 Å². The van der Waals surface area contributed by atoms with Gasteiger partial charge in [0, 0.05) is 21.4 Å². The van der Waals surface area contributed by atoms with Crippen LogP contribution in [0.4, 0.5) is 5.69 Å². The standard InChI is InChI=1S/C33H29BrN4O3S/c1-24-21-27(25(2)38(24)32-20-12-10-18-30(32)34)22-35-36-33(39)29-17-9-11-19-31(29)37(23-26-13-5-3-6-14-26)42(40,41)28-15-7-4-8-16-28/h3-22H,23H2,1-2H3,(H,36,39)/b35-22-. The number of nitrogens with zero attached hydrogens (tertiary/aromatic N) is 3. The van der Waals surface area contributed by atoms with Gasteiger partial charge >= 0.3 is 0 Å². The molecular formula is C33H29BrN4O3S. The van der Waals surface area contributed by atoms with Gasteiger partial charge < -0.3 is 4.57 Å². The highest BCUT2D eigenvalue weighted by Crippen LogP contribution is 2.30. The summed E-state index contributed by atoms with van der Waals surface area (Å²) in [6, 6.07) is 34.1. The maximum absolute atomic E-state index is 13.9. The molecular weight excluding hydrogens is 612 g/mol. The quantitative estimate of drug-likeness (QED) is 0.139. The molecule has 0 fully saturated rings. The Morgan fingerprint density at radius 2 is 1.50 bits per heavy atom. The number of hydrogen-bond donors (Lipinski definition) is 1. The first-order valence-electron chi connectivity index (χ1n) is 13.3. The number of amides is 1. The summed E-state index contributed by atoms with van der Waals surface area (Å²) in [5, 5.41) is 4.24. The molecule has 0 unspecified atom stereocenters. The van der Waals surface area contributed by atoms with Gasteiger partial charge in [0.05, 0.1) is 34.6 Å². The lowest BCUT2D eigenvalue weighted by atomic mass is 10.1. The number of hydrazone groups is 1. The van der Waals surface area contributed by atoms with Crippen molar-refractivity contribution in [1.82, 2.24) is 9.99 Å². The van der Waals surface area contributed by atoms with Gasteiger partial charge in [-0.05, 0) is 77.8 Å². The lowest BCUT2D eigenvalue weighted by Gasteiger charge is -2.26. The molecule has 7 nitrogen and oxygen atoms in total. The number of hydrogen-bond acceptors (Lipinski definition) is 4. The minimum atomic E-state index is -4.00. The lowest BCUT2D eigenvalue weighted by Crippen LogP contribution is -2.33. The maximum Gasteiger partial charge on any atom is 0.273 e. The Bertz CT molecular complexity index is 1850. The first-order valence-corrected chi connectivity index (χ1v) is 15.5. The number of anilines is 1. The van der Waals surface area contributed by atoms with Crippen molar-refractivity contribution in [1.29, 1.82) is 0 Å². The average Bonchev–Trinajstić information content (AvgIpc) is 3.29. The van der Waals surface area contributed by atoms with E-state index >= 15 is 0 Å². The van der Waals surface area contributed by atoms with E-state index in [9.17, 15) is 13.2 Å². The number of para-hydroxylation sites is 2. The largest absolute Gasteiger partial charge is 0.317 e. The average molecular weight is 642 g/mol. The van der Waals surface area contributed by atoms with E-state index in [4.69, 9.17) is 0 Å². The summed E-state index contributed by atoms with van der Waals surface area (Å²) in [7, 11) is -4.00. The Labute approximate surface area is 254 Å². The van der Waals surface area contributed by atoms with Crippen molar-refractivity contribution in [2.45, 2.75) is 25.3 Å². The summed E-state index contributed by atoms with van der Waals surface area (Å²) in [6.07, 6.45) is 1.60. The topological polar surface area (TPSA) is 83.8 Å². The van der Waals surface area contributed by atoms with Crippen LogP contribution in [0.5, 0.6) is 0 Å². The second kappa shape index (κ2) is 12.6. The van der Waals surface area contributed by atoms with Crippen molar-refractivity contribution in [3.05, 3.63) is 148 Å². The smallest absolute Gasteiger partial charge is 0.273 e. The fourth-order valence-corrected chi connectivity index (χ4v) is 6.75. The zero-order chi connectivity index (χ0) is 29.7.